The van der Waals surface area contributed by atoms with Crippen LogP contribution in [0.4, 0.5) is 0 Å². The maximum Gasteiger partial charge on any atom is 0.352 e. The number of rotatable bonds is 6. The van der Waals surface area contributed by atoms with Gasteiger partial charge in [-0.25, -0.2) is 4.79 Å². The molecular weight excluding hydrogens is 302 g/mol. The third kappa shape index (κ3) is 3.29. The number of nitrogens with zero attached hydrogens (tertiary/aromatic N) is 1. The molecular formula is C20H23NO3. The molecule has 0 bridgehead atoms. The van der Waals surface area contributed by atoms with Gasteiger partial charge in [-0.3, -0.25) is 0 Å². The maximum atomic E-state index is 12.6. The van der Waals surface area contributed by atoms with Crippen molar-refractivity contribution in [2.75, 3.05) is 26.2 Å². The lowest BCUT2D eigenvalue weighted by molar-refractivity contribution is -0.152. The molecule has 4 heteroatoms. The molecule has 0 saturated heterocycles. The van der Waals surface area contributed by atoms with Crippen LogP contribution >= 0.6 is 0 Å². The first kappa shape index (κ1) is 16.5. The van der Waals surface area contributed by atoms with Gasteiger partial charge in [0.15, 0.2) is 0 Å². The molecule has 3 rings (SSSR count). The molecule has 1 aliphatic heterocycles. The van der Waals surface area contributed by atoms with Crippen LogP contribution < -0.4 is 4.74 Å². The normalized spacial score (nSPS) is 15.4. The Labute approximate surface area is 143 Å². The zero-order chi connectivity index (χ0) is 16.9. The molecule has 1 aliphatic rings. The summed E-state index contributed by atoms with van der Waals surface area (Å²) in [5, 5.41) is 0. The van der Waals surface area contributed by atoms with Crippen LogP contribution in [0, 0.1) is 0 Å². The Morgan fingerprint density at radius 1 is 1.04 bits per heavy atom. The molecule has 2 aromatic rings. The van der Waals surface area contributed by atoms with Crippen molar-refractivity contribution in [3.63, 3.8) is 0 Å². The number of ether oxygens (including phenoxy) is 2. The second-order valence-electron chi connectivity index (χ2n) is 5.78. The molecule has 0 radical (unpaired) electrons. The van der Waals surface area contributed by atoms with E-state index < -0.39 is 6.10 Å². The Kier molecular flexibility index (Phi) is 5.16. The SMILES string of the molecule is CCN(CC)CCOC(=O)[C@H]1Oc2ccccc2-c2ccccc21. The maximum absolute atomic E-state index is 12.6. The second-order valence-corrected chi connectivity index (χ2v) is 5.78. The lowest BCUT2D eigenvalue weighted by Gasteiger charge is -2.27. The summed E-state index contributed by atoms with van der Waals surface area (Å²) in [5.74, 6) is 0.394. The Balaban J connectivity index is 1.76. The average molecular weight is 325 g/mol. The van der Waals surface area contributed by atoms with E-state index in [1.807, 2.05) is 48.5 Å². The molecule has 1 heterocycles. The molecule has 4 nitrogen and oxygen atoms in total. The average Bonchev–Trinajstić information content (AvgIpc) is 2.64. The summed E-state index contributed by atoms with van der Waals surface area (Å²) in [6, 6.07) is 15.6. The summed E-state index contributed by atoms with van der Waals surface area (Å²) in [4.78, 5) is 14.8. The molecule has 2 aromatic carbocycles. The fourth-order valence-corrected chi connectivity index (χ4v) is 3.02. The van der Waals surface area contributed by atoms with Crippen LogP contribution in [-0.4, -0.2) is 37.1 Å². The van der Waals surface area contributed by atoms with Gasteiger partial charge in [0, 0.05) is 17.7 Å². The van der Waals surface area contributed by atoms with Crippen molar-refractivity contribution in [3.05, 3.63) is 54.1 Å². The molecule has 0 amide bonds. The van der Waals surface area contributed by atoms with Gasteiger partial charge in [0.2, 0.25) is 6.10 Å². The largest absolute Gasteiger partial charge is 0.473 e. The van der Waals surface area contributed by atoms with E-state index in [2.05, 4.69) is 18.7 Å². The fraction of sp³-hybridized carbons (Fsp3) is 0.350. The number of fused-ring (bicyclic) bond motifs is 3. The summed E-state index contributed by atoms with van der Waals surface area (Å²) in [6.07, 6.45) is -0.701. The van der Waals surface area contributed by atoms with Crippen LogP contribution in [0.25, 0.3) is 11.1 Å². The highest BCUT2D eigenvalue weighted by Gasteiger charge is 2.32. The first-order valence-corrected chi connectivity index (χ1v) is 8.48. The smallest absolute Gasteiger partial charge is 0.352 e. The monoisotopic (exact) mass is 325 g/mol. The number of benzene rings is 2. The van der Waals surface area contributed by atoms with Crippen LogP contribution in [0.3, 0.4) is 0 Å². The van der Waals surface area contributed by atoms with Crippen LogP contribution in [0.5, 0.6) is 5.75 Å². The van der Waals surface area contributed by atoms with Crippen molar-refractivity contribution >= 4 is 5.97 Å². The zero-order valence-electron chi connectivity index (χ0n) is 14.2. The first-order valence-electron chi connectivity index (χ1n) is 8.48. The van der Waals surface area contributed by atoms with Crippen molar-refractivity contribution in [1.82, 2.24) is 4.90 Å². The number of hydrogen-bond acceptors (Lipinski definition) is 4. The van der Waals surface area contributed by atoms with Crippen LogP contribution in [0.1, 0.15) is 25.5 Å². The number of para-hydroxylation sites is 1. The number of carbonyl (C=O) groups is 1. The number of esters is 1. The summed E-state index contributed by atoms with van der Waals surface area (Å²) < 4.78 is 11.4. The molecule has 24 heavy (non-hydrogen) atoms. The minimum atomic E-state index is -0.701. The summed E-state index contributed by atoms with van der Waals surface area (Å²) in [7, 11) is 0. The molecule has 0 N–H and O–H groups in total. The van der Waals surface area contributed by atoms with Crippen LogP contribution in [-0.2, 0) is 9.53 Å². The van der Waals surface area contributed by atoms with E-state index in [0.29, 0.717) is 6.61 Å². The third-order valence-corrected chi connectivity index (χ3v) is 4.43. The Morgan fingerprint density at radius 2 is 1.71 bits per heavy atom. The van der Waals surface area contributed by atoms with E-state index in [1.54, 1.807) is 0 Å². The van der Waals surface area contributed by atoms with Gasteiger partial charge in [-0.2, -0.15) is 0 Å². The van der Waals surface area contributed by atoms with Crippen LogP contribution in [0.15, 0.2) is 48.5 Å². The van der Waals surface area contributed by atoms with E-state index in [-0.39, 0.29) is 5.97 Å². The minimum absolute atomic E-state index is 0.330. The zero-order valence-corrected chi connectivity index (χ0v) is 14.2. The van der Waals surface area contributed by atoms with Gasteiger partial charge >= 0.3 is 5.97 Å². The van der Waals surface area contributed by atoms with E-state index in [4.69, 9.17) is 9.47 Å². The molecule has 0 spiro atoms. The third-order valence-electron chi connectivity index (χ3n) is 4.43. The minimum Gasteiger partial charge on any atom is -0.473 e. The highest BCUT2D eigenvalue weighted by molar-refractivity contribution is 5.85. The molecule has 0 aromatic heterocycles. The van der Waals surface area contributed by atoms with Crippen LogP contribution in [0.2, 0.25) is 0 Å². The molecule has 0 unspecified atom stereocenters. The molecule has 126 valence electrons. The van der Waals surface area contributed by atoms with Gasteiger partial charge in [0.1, 0.15) is 12.4 Å². The topological polar surface area (TPSA) is 38.8 Å². The highest BCUT2D eigenvalue weighted by atomic mass is 16.6. The van der Waals surface area contributed by atoms with Gasteiger partial charge in [0.05, 0.1) is 0 Å². The van der Waals surface area contributed by atoms with Crippen molar-refractivity contribution < 1.29 is 14.3 Å². The lowest BCUT2D eigenvalue weighted by atomic mass is 9.93. The summed E-state index contributed by atoms with van der Waals surface area (Å²) in [5.41, 5.74) is 2.91. The standard InChI is InChI=1S/C20H23NO3/c1-3-21(4-2)13-14-23-20(22)19-17-11-6-5-9-15(17)16-10-7-8-12-18(16)24-19/h5-12,19H,3-4,13-14H2,1-2H3/t19-/m0/s1. The first-order chi connectivity index (χ1) is 11.7. The van der Waals surface area contributed by atoms with Gasteiger partial charge in [-0.1, -0.05) is 56.3 Å². The van der Waals surface area contributed by atoms with Crippen molar-refractivity contribution in [3.8, 4) is 16.9 Å². The van der Waals surface area contributed by atoms with E-state index in [9.17, 15) is 4.79 Å². The van der Waals surface area contributed by atoms with Crippen molar-refractivity contribution in [1.29, 1.82) is 0 Å². The Morgan fingerprint density at radius 3 is 2.46 bits per heavy atom. The Bertz CT molecular complexity index is 710. The summed E-state index contributed by atoms with van der Waals surface area (Å²) in [6.45, 7) is 7.22. The highest BCUT2D eigenvalue weighted by Crippen LogP contribution is 2.42. The van der Waals surface area contributed by atoms with Gasteiger partial charge in [-0.15, -0.1) is 0 Å². The molecule has 0 fully saturated rings. The predicted molar refractivity (Wildman–Crippen MR) is 94.0 cm³/mol. The molecule has 1 atom stereocenters. The van der Waals surface area contributed by atoms with Gasteiger partial charge in [-0.05, 0) is 24.7 Å². The predicted octanol–water partition coefficient (Wildman–Crippen LogP) is 3.67. The number of carbonyl (C=O) groups excluding carboxylic acids is 1. The van der Waals surface area contributed by atoms with Gasteiger partial charge < -0.3 is 14.4 Å². The van der Waals surface area contributed by atoms with E-state index >= 15 is 0 Å². The van der Waals surface area contributed by atoms with E-state index in [1.165, 1.54) is 0 Å². The van der Waals surface area contributed by atoms with Crippen molar-refractivity contribution in [2.45, 2.75) is 20.0 Å². The Hall–Kier alpha value is -2.33. The van der Waals surface area contributed by atoms with Crippen molar-refractivity contribution in [2.24, 2.45) is 0 Å². The number of hydrogen-bond donors (Lipinski definition) is 0. The number of likely N-dealkylation sites (N-methyl/N-ethyl adjacent to an activating group) is 1. The van der Waals surface area contributed by atoms with E-state index in [0.717, 1.165) is 42.1 Å². The summed E-state index contributed by atoms with van der Waals surface area (Å²) >= 11 is 0. The fourth-order valence-electron chi connectivity index (χ4n) is 3.02. The lowest BCUT2D eigenvalue weighted by Crippen LogP contribution is -2.30. The molecule has 0 aliphatic carbocycles. The van der Waals surface area contributed by atoms with Gasteiger partial charge in [0.25, 0.3) is 0 Å². The molecule has 0 saturated carbocycles. The quantitative estimate of drug-likeness (QED) is 0.760. The second kappa shape index (κ2) is 7.49.